The van der Waals surface area contributed by atoms with Crippen molar-refractivity contribution in [3.63, 3.8) is 0 Å². The highest BCUT2D eigenvalue weighted by Crippen LogP contribution is 2.20. The van der Waals surface area contributed by atoms with Gasteiger partial charge in [0.1, 0.15) is 0 Å². The minimum atomic E-state index is -0.682. The van der Waals surface area contributed by atoms with Gasteiger partial charge in [-0.15, -0.1) is 11.3 Å². The molecule has 0 fully saturated rings. The largest absolute Gasteiger partial charge is 0.358 e. The summed E-state index contributed by atoms with van der Waals surface area (Å²) in [6.07, 6.45) is -0.682. The zero-order valence-electron chi connectivity index (χ0n) is 9.71. The summed E-state index contributed by atoms with van der Waals surface area (Å²) in [5.74, 6) is 4.83. The number of benzene rings is 1. The molecule has 0 spiro atoms. The zero-order valence-corrected chi connectivity index (χ0v) is 10.5. The summed E-state index contributed by atoms with van der Waals surface area (Å²) in [4.78, 5) is 12.8. The first-order valence-corrected chi connectivity index (χ1v) is 6.38. The Kier molecular flexibility index (Phi) is 4.46. The summed E-state index contributed by atoms with van der Waals surface area (Å²) < 4.78 is 5.64. The van der Waals surface area contributed by atoms with Crippen molar-refractivity contribution in [1.82, 2.24) is 5.43 Å². The molecule has 0 aliphatic carbocycles. The Hall–Kier alpha value is -1.69. The van der Waals surface area contributed by atoms with E-state index in [9.17, 15) is 4.79 Å². The lowest BCUT2D eigenvalue weighted by Gasteiger charge is -2.16. The second kappa shape index (κ2) is 6.30. The van der Waals surface area contributed by atoms with Gasteiger partial charge >= 0.3 is 0 Å². The molecule has 0 bridgehead atoms. The number of nitrogens with one attached hydrogen (secondary N) is 1. The van der Waals surface area contributed by atoms with Gasteiger partial charge in [0, 0.05) is 4.88 Å². The first-order chi connectivity index (χ1) is 8.81. The van der Waals surface area contributed by atoms with E-state index in [4.69, 9.17) is 10.6 Å². The molecule has 0 saturated carbocycles. The van der Waals surface area contributed by atoms with E-state index in [1.165, 1.54) is 0 Å². The smallest absolute Gasteiger partial charge is 0.267 e. The van der Waals surface area contributed by atoms with Crippen LogP contribution in [0.5, 0.6) is 0 Å². The normalized spacial score (nSPS) is 12.1. The highest BCUT2D eigenvalue weighted by atomic mass is 32.1. The molecule has 1 aromatic heterocycles. The Bertz CT molecular complexity index is 485. The fraction of sp³-hybridized carbons (Fsp3) is 0.154. The van der Waals surface area contributed by atoms with Crippen LogP contribution in [-0.2, 0) is 16.1 Å². The molecule has 0 aliphatic heterocycles. The number of rotatable bonds is 5. The lowest BCUT2D eigenvalue weighted by Crippen LogP contribution is -2.35. The fourth-order valence-electron chi connectivity index (χ4n) is 1.59. The Morgan fingerprint density at radius 3 is 2.67 bits per heavy atom. The number of thiophene rings is 1. The molecule has 18 heavy (non-hydrogen) atoms. The maximum atomic E-state index is 11.7. The van der Waals surface area contributed by atoms with Gasteiger partial charge in [-0.1, -0.05) is 36.4 Å². The molecule has 0 aliphatic rings. The molecule has 94 valence electrons. The average Bonchev–Trinajstić information content (AvgIpc) is 2.93. The van der Waals surface area contributed by atoms with Gasteiger partial charge in [0.2, 0.25) is 0 Å². The van der Waals surface area contributed by atoms with Gasteiger partial charge in [0.25, 0.3) is 5.91 Å². The van der Waals surface area contributed by atoms with E-state index >= 15 is 0 Å². The summed E-state index contributed by atoms with van der Waals surface area (Å²) in [6, 6.07) is 13.2. The van der Waals surface area contributed by atoms with Crippen molar-refractivity contribution < 1.29 is 9.53 Å². The predicted molar refractivity (Wildman–Crippen MR) is 70.6 cm³/mol. The van der Waals surface area contributed by atoms with Crippen LogP contribution in [0, 0.1) is 0 Å². The van der Waals surface area contributed by atoms with Crippen LogP contribution in [0.4, 0.5) is 0 Å². The van der Waals surface area contributed by atoms with Gasteiger partial charge < -0.3 is 4.74 Å². The van der Waals surface area contributed by atoms with Gasteiger partial charge in [0.15, 0.2) is 6.10 Å². The maximum Gasteiger partial charge on any atom is 0.267 e. The molecular formula is C13H14N2O2S. The van der Waals surface area contributed by atoms with Gasteiger partial charge in [-0.2, -0.15) is 0 Å². The van der Waals surface area contributed by atoms with Crippen LogP contribution < -0.4 is 11.3 Å². The second-order valence-electron chi connectivity index (χ2n) is 3.69. The Morgan fingerprint density at radius 1 is 1.28 bits per heavy atom. The van der Waals surface area contributed by atoms with Crippen molar-refractivity contribution in [1.29, 1.82) is 0 Å². The number of carbonyl (C=O) groups is 1. The summed E-state index contributed by atoms with van der Waals surface area (Å²) in [5, 5.41) is 1.97. The molecule has 1 heterocycles. The predicted octanol–water partition coefficient (Wildman–Crippen LogP) is 2.00. The van der Waals surface area contributed by atoms with Crippen LogP contribution in [0.15, 0.2) is 47.8 Å². The standard InChI is InChI=1S/C13H14N2O2S/c14-15-13(16)12(10-5-2-1-3-6-10)17-9-11-7-4-8-18-11/h1-8,12H,9,14H2,(H,15,16). The number of hydrazine groups is 1. The number of hydrogen-bond acceptors (Lipinski definition) is 4. The van der Waals surface area contributed by atoms with E-state index in [2.05, 4.69) is 5.43 Å². The van der Waals surface area contributed by atoms with Crippen LogP contribution in [0.3, 0.4) is 0 Å². The van der Waals surface area contributed by atoms with Crippen LogP contribution in [0.25, 0.3) is 0 Å². The van der Waals surface area contributed by atoms with E-state index < -0.39 is 6.10 Å². The van der Waals surface area contributed by atoms with E-state index in [0.29, 0.717) is 6.61 Å². The number of amides is 1. The molecular weight excluding hydrogens is 248 g/mol. The number of nitrogens with two attached hydrogens (primary N) is 1. The number of ether oxygens (including phenoxy) is 1. The second-order valence-corrected chi connectivity index (χ2v) is 4.72. The molecule has 1 unspecified atom stereocenters. The van der Waals surface area contributed by atoms with Crippen molar-refractivity contribution in [2.24, 2.45) is 5.84 Å². The van der Waals surface area contributed by atoms with Gasteiger partial charge in [0.05, 0.1) is 6.61 Å². The molecule has 0 radical (unpaired) electrons. The molecule has 1 amide bonds. The molecule has 2 rings (SSSR count). The number of carbonyl (C=O) groups excluding carboxylic acids is 1. The summed E-state index contributed by atoms with van der Waals surface area (Å²) in [7, 11) is 0. The van der Waals surface area contributed by atoms with E-state index in [0.717, 1.165) is 10.4 Å². The summed E-state index contributed by atoms with van der Waals surface area (Å²) in [6.45, 7) is 0.393. The quantitative estimate of drug-likeness (QED) is 0.492. The van der Waals surface area contributed by atoms with Crippen molar-refractivity contribution in [2.75, 3.05) is 0 Å². The molecule has 0 saturated heterocycles. The Morgan fingerprint density at radius 2 is 2.06 bits per heavy atom. The summed E-state index contributed by atoms with van der Waals surface area (Å²) >= 11 is 1.59. The zero-order chi connectivity index (χ0) is 12.8. The van der Waals surface area contributed by atoms with Gasteiger partial charge in [-0.3, -0.25) is 10.2 Å². The van der Waals surface area contributed by atoms with Crippen LogP contribution in [0.2, 0.25) is 0 Å². The third-order valence-electron chi connectivity index (χ3n) is 2.46. The van der Waals surface area contributed by atoms with Crippen molar-refractivity contribution in [3.8, 4) is 0 Å². The lowest BCUT2D eigenvalue weighted by molar-refractivity contribution is -0.134. The third-order valence-corrected chi connectivity index (χ3v) is 3.30. The lowest BCUT2D eigenvalue weighted by atomic mass is 10.1. The van der Waals surface area contributed by atoms with Crippen molar-refractivity contribution >= 4 is 17.2 Å². The fourth-order valence-corrected chi connectivity index (χ4v) is 2.21. The molecule has 1 atom stereocenters. The molecule has 1 aromatic carbocycles. The molecule has 2 aromatic rings. The minimum Gasteiger partial charge on any atom is -0.358 e. The molecule has 4 nitrogen and oxygen atoms in total. The van der Waals surface area contributed by atoms with E-state index in [1.54, 1.807) is 11.3 Å². The topological polar surface area (TPSA) is 64.3 Å². The average molecular weight is 262 g/mol. The van der Waals surface area contributed by atoms with Gasteiger partial charge in [-0.05, 0) is 17.0 Å². The van der Waals surface area contributed by atoms with Crippen LogP contribution in [-0.4, -0.2) is 5.91 Å². The monoisotopic (exact) mass is 262 g/mol. The van der Waals surface area contributed by atoms with Gasteiger partial charge in [-0.25, -0.2) is 5.84 Å². The van der Waals surface area contributed by atoms with Crippen molar-refractivity contribution in [2.45, 2.75) is 12.7 Å². The first-order valence-electron chi connectivity index (χ1n) is 5.50. The highest BCUT2D eigenvalue weighted by molar-refractivity contribution is 7.09. The Balaban J connectivity index is 2.09. The van der Waals surface area contributed by atoms with Crippen molar-refractivity contribution in [3.05, 3.63) is 58.3 Å². The minimum absolute atomic E-state index is 0.349. The van der Waals surface area contributed by atoms with Crippen LogP contribution in [0.1, 0.15) is 16.5 Å². The van der Waals surface area contributed by atoms with E-state index in [-0.39, 0.29) is 5.91 Å². The maximum absolute atomic E-state index is 11.7. The SMILES string of the molecule is NNC(=O)C(OCc1cccs1)c1ccccc1. The highest BCUT2D eigenvalue weighted by Gasteiger charge is 2.20. The summed E-state index contributed by atoms with van der Waals surface area (Å²) in [5.41, 5.74) is 2.92. The van der Waals surface area contributed by atoms with Crippen LogP contribution >= 0.6 is 11.3 Å². The Labute approximate surface area is 109 Å². The van der Waals surface area contributed by atoms with E-state index in [1.807, 2.05) is 47.8 Å². The molecule has 5 heteroatoms. The number of hydrogen-bond donors (Lipinski definition) is 2. The first kappa shape index (κ1) is 12.8. The molecule has 3 N–H and O–H groups in total. The third kappa shape index (κ3) is 3.16.